The highest BCUT2D eigenvalue weighted by Crippen LogP contribution is 2.32. The summed E-state index contributed by atoms with van der Waals surface area (Å²) >= 11 is 4.03. The molecule has 0 aliphatic rings. The summed E-state index contributed by atoms with van der Waals surface area (Å²) in [6, 6.07) is 12.3. The van der Waals surface area contributed by atoms with Gasteiger partial charge in [-0.25, -0.2) is 0 Å². The van der Waals surface area contributed by atoms with Crippen molar-refractivity contribution in [3.63, 3.8) is 0 Å². The number of furan rings is 1. The van der Waals surface area contributed by atoms with Crippen molar-refractivity contribution < 1.29 is 13.7 Å². The maximum atomic E-state index is 11.9. The van der Waals surface area contributed by atoms with E-state index in [-0.39, 0.29) is 0 Å². The predicted octanol–water partition coefficient (Wildman–Crippen LogP) is 9.52. The third-order valence-corrected chi connectivity index (χ3v) is 8.38. The first-order valence-corrected chi connectivity index (χ1v) is 15.4. The lowest BCUT2D eigenvalue weighted by Gasteiger charge is -2.14. The second-order valence-electron chi connectivity index (χ2n) is 8.49. The fourth-order valence-corrected chi connectivity index (χ4v) is 5.47. The van der Waals surface area contributed by atoms with Gasteiger partial charge in [0.1, 0.15) is 24.2 Å². The standard InChI is InChI=1S/C22H23BrO3S2.C6H14/c1-14(2)16-5-6-17(12-21(27-3)28(4)24)20(11-16)26-13-15-9-18-7-8-25-22(18)19(23)10-15;1-3-5-6-4-2/h5-12,14H,13H2,1-4H3;3-6H2,1-2H3. The smallest absolute Gasteiger partial charge is 0.186 e. The Labute approximate surface area is 221 Å². The first-order chi connectivity index (χ1) is 16.3. The van der Waals surface area contributed by atoms with Gasteiger partial charge in [0.05, 0.1) is 10.7 Å². The van der Waals surface area contributed by atoms with Gasteiger partial charge in [-0.2, -0.15) is 0 Å². The summed E-state index contributed by atoms with van der Waals surface area (Å²) in [7, 11) is 0. The quantitative estimate of drug-likeness (QED) is 0.181. The maximum Gasteiger partial charge on any atom is 0.186 e. The molecule has 3 rings (SSSR count). The first-order valence-electron chi connectivity index (χ1n) is 11.8. The van der Waals surface area contributed by atoms with Gasteiger partial charge in [0.15, 0.2) is 4.24 Å². The van der Waals surface area contributed by atoms with E-state index in [1.54, 1.807) is 12.5 Å². The molecule has 0 spiro atoms. The number of benzene rings is 2. The van der Waals surface area contributed by atoms with Gasteiger partial charge in [0.2, 0.25) is 0 Å². The van der Waals surface area contributed by atoms with Gasteiger partial charge >= 0.3 is 0 Å². The molecule has 186 valence electrons. The topological polar surface area (TPSA) is 45.4 Å². The number of fused-ring (bicyclic) bond motifs is 1. The minimum Gasteiger partial charge on any atom is -0.611 e. The molecule has 0 saturated heterocycles. The van der Waals surface area contributed by atoms with Gasteiger partial charge in [-0.3, -0.25) is 0 Å². The summed E-state index contributed by atoms with van der Waals surface area (Å²) in [6.07, 6.45) is 12.8. The van der Waals surface area contributed by atoms with E-state index < -0.39 is 11.2 Å². The molecule has 0 amide bonds. The Morgan fingerprint density at radius 1 is 1.15 bits per heavy atom. The zero-order valence-corrected chi connectivity index (χ0v) is 24.4. The SMILES string of the molecule is CCCCCC.CSC(=Cc1ccc(C(C)C)cc1OCc1cc(Br)c2occc2c1)[S+](C)[O-]. The molecule has 1 unspecified atom stereocenters. The molecular formula is C28H37BrO3S2. The Morgan fingerprint density at radius 2 is 1.85 bits per heavy atom. The van der Waals surface area contributed by atoms with Crippen molar-refractivity contribution in [3.8, 4) is 5.75 Å². The summed E-state index contributed by atoms with van der Waals surface area (Å²) < 4.78 is 25.4. The molecule has 6 heteroatoms. The summed E-state index contributed by atoms with van der Waals surface area (Å²) in [4.78, 5) is 0. The Bertz CT molecular complexity index is 1050. The molecule has 0 saturated carbocycles. The highest BCUT2D eigenvalue weighted by molar-refractivity contribution is 9.10. The van der Waals surface area contributed by atoms with E-state index in [0.717, 1.165) is 36.6 Å². The summed E-state index contributed by atoms with van der Waals surface area (Å²) in [5, 5.41) is 1.04. The van der Waals surface area contributed by atoms with E-state index in [2.05, 4.69) is 61.8 Å². The Balaban J connectivity index is 0.000000604. The van der Waals surface area contributed by atoms with E-state index >= 15 is 0 Å². The average Bonchev–Trinajstić information content (AvgIpc) is 3.29. The molecule has 1 heterocycles. The van der Waals surface area contributed by atoms with Gasteiger partial charge in [-0.05, 0) is 74.7 Å². The molecule has 0 radical (unpaired) electrons. The van der Waals surface area contributed by atoms with Crippen molar-refractivity contribution >= 4 is 55.9 Å². The number of halogens is 1. The van der Waals surface area contributed by atoms with Crippen LogP contribution in [0.5, 0.6) is 5.75 Å². The molecule has 1 atom stereocenters. The van der Waals surface area contributed by atoms with Gasteiger partial charge < -0.3 is 13.7 Å². The highest BCUT2D eigenvalue weighted by atomic mass is 79.9. The van der Waals surface area contributed by atoms with Crippen molar-refractivity contribution in [1.29, 1.82) is 0 Å². The monoisotopic (exact) mass is 564 g/mol. The average molecular weight is 566 g/mol. The number of unbranched alkanes of at least 4 members (excludes halogenated alkanes) is 3. The number of hydrogen-bond acceptors (Lipinski definition) is 4. The maximum absolute atomic E-state index is 11.9. The second-order valence-corrected chi connectivity index (χ2v) is 11.8. The van der Waals surface area contributed by atoms with Gasteiger partial charge in [0, 0.05) is 17.0 Å². The fraction of sp³-hybridized carbons (Fsp3) is 0.429. The third-order valence-electron chi connectivity index (χ3n) is 5.38. The molecular weight excluding hydrogens is 528 g/mol. The number of hydrogen-bond donors (Lipinski definition) is 0. The zero-order valence-electron chi connectivity index (χ0n) is 21.2. The molecule has 34 heavy (non-hydrogen) atoms. The van der Waals surface area contributed by atoms with Crippen LogP contribution in [0, 0.1) is 0 Å². The molecule has 3 nitrogen and oxygen atoms in total. The van der Waals surface area contributed by atoms with E-state index in [0.29, 0.717) is 12.5 Å². The molecule has 0 N–H and O–H groups in total. The molecule has 1 aromatic heterocycles. The Morgan fingerprint density at radius 3 is 2.44 bits per heavy atom. The van der Waals surface area contributed by atoms with E-state index in [1.165, 1.54) is 43.0 Å². The normalized spacial score (nSPS) is 12.6. The largest absolute Gasteiger partial charge is 0.611 e. The van der Waals surface area contributed by atoms with Crippen LogP contribution in [0.25, 0.3) is 17.0 Å². The fourth-order valence-electron chi connectivity index (χ4n) is 3.38. The zero-order chi connectivity index (χ0) is 25.1. The highest BCUT2D eigenvalue weighted by Gasteiger charge is 2.13. The Kier molecular flexibility index (Phi) is 12.7. The molecule has 3 aromatic rings. The van der Waals surface area contributed by atoms with Crippen LogP contribution in [-0.2, 0) is 17.8 Å². The molecule has 2 aromatic carbocycles. The van der Waals surface area contributed by atoms with Crippen LogP contribution in [0.1, 0.15) is 76.0 Å². The lowest BCUT2D eigenvalue weighted by molar-refractivity contribution is 0.305. The molecule has 0 aliphatic heterocycles. The minimum atomic E-state index is -1.03. The number of rotatable bonds is 10. The van der Waals surface area contributed by atoms with Crippen molar-refractivity contribution in [2.45, 2.75) is 65.9 Å². The lowest BCUT2D eigenvalue weighted by Crippen LogP contribution is -2.01. The predicted molar refractivity (Wildman–Crippen MR) is 154 cm³/mol. The van der Waals surface area contributed by atoms with Gasteiger partial charge in [-0.15, -0.1) is 0 Å². The second kappa shape index (κ2) is 14.9. The van der Waals surface area contributed by atoms with Crippen LogP contribution in [0.3, 0.4) is 0 Å². The number of ether oxygens (including phenoxy) is 1. The van der Waals surface area contributed by atoms with Crippen molar-refractivity contribution in [2.75, 3.05) is 12.5 Å². The van der Waals surface area contributed by atoms with Crippen LogP contribution < -0.4 is 4.74 Å². The van der Waals surface area contributed by atoms with Gasteiger partial charge in [0.25, 0.3) is 0 Å². The van der Waals surface area contributed by atoms with Crippen LogP contribution in [0.2, 0.25) is 0 Å². The Hall–Kier alpha value is -1.34. The van der Waals surface area contributed by atoms with E-state index in [4.69, 9.17) is 9.15 Å². The van der Waals surface area contributed by atoms with Crippen molar-refractivity contribution in [1.82, 2.24) is 0 Å². The molecule has 0 bridgehead atoms. The van der Waals surface area contributed by atoms with Gasteiger partial charge in [-0.1, -0.05) is 77.3 Å². The van der Waals surface area contributed by atoms with Crippen molar-refractivity contribution in [3.05, 3.63) is 68.1 Å². The summed E-state index contributed by atoms with van der Waals surface area (Å²) in [5.74, 6) is 1.20. The summed E-state index contributed by atoms with van der Waals surface area (Å²) in [5.41, 5.74) is 4.04. The number of thioether (sulfide) groups is 1. The molecule has 0 fully saturated rings. The van der Waals surface area contributed by atoms with E-state index in [9.17, 15) is 4.55 Å². The lowest BCUT2D eigenvalue weighted by atomic mass is 10.0. The van der Waals surface area contributed by atoms with Crippen molar-refractivity contribution in [2.24, 2.45) is 0 Å². The third kappa shape index (κ3) is 8.71. The van der Waals surface area contributed by atoms with Crippen LogP contribution >= 0.6 is 27.7 Å². The molecule has 0 aliphatic carbocycles. The van der Waals surface area contributed by atoms with Crippen LogP contribution in [0.4, 0.5) is 0 Å². The van der Waals surface area contributed by atoms with Crippen LogP contribution in [0.15, 0.2) is 55.8 Å². The van der Waals surface area contributed by atoms with Crippen LogP contribution in [-0.4, -0.2) is 17.1 Å². The summed E-state index contributed by atoms with van der Waals surface area (Å²) in [6.45, 7) is 9.22. The van der Waals surface area contributed by atoms with E-state index in [1.807, 2.05) is 30.5 Å². The minimum absolute atomic E-state index is 0.400. The first kappa shape index (κ1) is 28.9.